The zero-order valence-electron chi connectivity index (χ0n) is 7.45. The summed E-state index contributed by atoms with van der Waals surface area (Å²) in [5, 5.41) is 12.2. The van der Waals surface area contributed by atoms with Gasteiger partial charge in [0, 0.05) is 0 Å². The Hall–Kier alpha value is -0.440. The van der Waals surface area contributed by atoms with E-state index in [0.29, 0.717) is 6.54 Å². The minimum absolute atomic E-state index is 0.165. The van der Waals surface area contributed by atoms with E-state index >= 15 is 0 Å². The van der Waals surface area contributed by atoms with Gasteiger partial charge in [0.05, 0.1) is 12.6 Å². The van der Waals surface area contributed by atoms with Crippen LogP contribution in [0.1, 0.15) is 27.2 Å². The number of hydrogen-bond donors (Lipinski definition) is 1. The molecule has 0 amide bonds. The van der Waals surface area contributed by atoms with Crippen molar-refractivity contribution in [1.82, 2.24) is 0 Å². The number of hydrogen-bond acceptors (Lipinski definition) is 3. The first-order chi connectivity index (χ1) is 5.13. The second-order valence-electron chi connectivity index (χ2n) is 3.12. The Morgan fingerprint density at radius 1 is 1.45 bits per heavy atom. The minimum Gasteiger partial charge on any atom is -0.393 e. The first-order valence-corrected chi connectivity index (χ1v) is 4.10. The topological polar surface area (TPSA) is 49.7 Å². The Labute approximate surface area is 67.8 Å². The fourth-order valence-corrected chi connectivity index (χ4v) is 1.03. The number of rotatable bonds is 5. The lowest BCUT2D eigenvalue weighted by Crippen LogP contribution is -2.24. The van der Waals surface area contributed by atoms with Gasteiger partial charge in [0.15, 0.2) is 0 Å². The fourth-order valence-electron chi connectivity index (χ4n) is 1.03. The molecule has 0 rings (SSSR count). The average molecular weight is 159 g/mol. The van der Waals surface area contributed by atoms with Crippen molar-refractivity contribution in [3.63, 3.8) is 0 Å². The van der Waals surface area contributed by atoms with Crippen LogP contribution in [0.3, 0.4) is 0 Å². The highest BCUT2D eigenvalue weighted by Crippen LogP contribution is 2.17. The summed E-state index contributed by atoms with van der Waals surface area (Å²) in [5.74, 6) is 0.347. The van der Waals surface area contributed by atoms with Crippen molar-refractivity contribution in [2.24, 2.45) is 17.0 Å². The molecule has 0 radical (unpaired) electrons. The van der Waals surface area contributed by atoms with Crippen LogP contribution in [-0.2, 0) is 0 Å². The zero-order valence-corrected chi connectivity index (χ0v) is 7.45. The third kappa shape index (κ3) is 3.46. The summed E-state index contributed by atoms with van der Waals surface area (Å²) in [7, 11) is 0. The molecule has 0 aromatic heterocycles. The van der Waals surface area contributed by atoms with Crippen molar-refractivity contribution in [3.05, 3.63) is 4.91 Å². The van der Waals surface area contributed by atoms with Crippen LogP contribution in [0.15, 0.2) is 5.18 Å². The maximum absolute atomic E-state index is 9.90. The van der Waals surface area contributed by atoms with Crippen LogP contribution in [0.2, 0.25) is 0 Å². The normalized spacial score (nSPS) is 18.9. The number of nitrogens with zero attached hydrogens (tertiary/aromatic N) is 1. The fraction of sp³-hybridized carbons (Fsp3) is 1.00. The number of aliphatic hydroxyl groups excluding tert-OH is 1. The third-order valence-corrected chi connectivity index (χ3v) is 2.29. The highest BCUT2D eigenvalue weighted by Gasteiger charge is 2.18. The SMILES string of the molecule is CCC(O)C(C)C(C)CN=O. The molecule has 1 N–H and O–H groups in total. The van der Waals surface area contributed by atoms with E-state index in [1.165, 1.54) is 0 Å². The van der Waals surface area contributed by atoms with Crippen LogP contribution >= 0.6 is 0 Å². The molecular formula is C8H17NO2. The summed E-state index contributed by atoms with van der Waals surface area (Å²) < 4.78 is 0. The van der Waals surface area contributed by atoms with Gasteiger partial charge in [-0.05, 0) is 18.3 Å². The average Bonchev–Trinajstić information content (AvgIpc) is 2.02. The quantitative estimate of drug-likeness (QED) is 0.622. The smallest absolute Gasteiger partial charge is 0.0840 e. The van der Waals surface area contributed by atoms with Crippen LogP contribution in [0, 0.1) is 16.7 Å². The van der Waals surface area contributed by atoms with Crippen molar-refractivity contribution < 1.29 is 5.11 Å². The molecule has 0 aliphatic rings. The Morgan fingerprint density at radius 3 is 2.36 bits per heavy atom. The maximum atomic E-state index is 9.90. The van der Waals surface area contributed by atoms with Gasteiger partial charge in [0.25, 0.3) is 0 Å². The van der Waals surface area contributed by atoms with Crippen molar-refractivity contribution in [1.29, 1.82) is 0 Å². The standard InChI is InChI=1S/C8H17NO2/c1-4-8(10)7(3)6(2)5-9-11/h6-8,10H,4-5H2,1-3H3. The molecule has 0 saturated heterocycles. The van der Waals surface area contributed by atoms with E-state index in [9.17, 15) is 10.0 Å². The lowest BCUT2D eigenvalue weighted by molar-refractivity contribution is 0.0859. The molecule has 0 aromatic carbocycles. The zero-order chi connectivity index (χ0) is 8.85. The van der Waals surface area contributed by atoms with E-state index in [0.717, 1.165) is 6.42 Å². The van der Waals surface area contributed by atoms with E-state index in [4.69, 9.17) is 0 Å². The summed E-state index contributed by atoms with van der Waals surface area (Å²) in [4.78, 5) is 9.90. The Morgan fingerprint density at radius 2 is 2.00 bits per heavy atom. The van der Waals surface area contributed by atoms with E-state index in [1.54, 1.807) is 0 Å². The van der Waals surface area contributed by atoms with Crippen LogP contribution in [-0.4, -0.2) is 17.8 Å². The molecular weight excluding hydrogens is 142 g/mol. The van der Waals surface area contributed by atoms with E-state index < -0.39 is 0 Å². The van der Waals surface area contributed by atoms with Gasteiger partial charge in [-0.15, -0.1) is 0 Å². The van der Waals surface area contributed by atoms with E-state index in [2.05, 4.69) is 5.18 Å². The largest absolute Gasteiger partial charge is 0.393 e. The van der Waals surface area contributed by atoms with E-state index in [1.807, 2.05) is 20.8 Å². The maximum Gasteiger partial charge on any atom is 0.0840 e. The van der Waals surface area contributed by atoms with Crippen LogP contribution in [0.4, 0.5) is 0 Å². The first-order valence-electron chi connectivity index (χ1n) is 4.10. The van der Waals surface area contributed by atoms with Crippen molar-refractivity contribution in [2.75, 3.05) is 6.54 Å². The molecule has 0 aliphatic heterocycles. The van der Waals surface area contributed by atoms with Crippen molar-refractivity contribution in [3.8, 4) is 0 Å². The molecule has 66 valence electrons. The molecule has 0 spiro atoms. The molecule has 3 heteroatoms. The lowest BCUT2D eigenvalue weighted by Gasteiger charge is -2.21. The second-order valence-corrected chi connectivity index (χ2v) is 3.12. The van der Waals surface area contributed by atoms with Gasteiger partial charge >= 0.3 is 0 Å². The van der Waals surface area contributed by atoms with Crippen LogP contribution in [0.5, 0.6) is 0 Å². The predicted molar refractivity (Wildman–Crippen MR) is 45.3 cm³/mol. The summed E-state index contributed by atoms with van der Waals surface area (Å²) in [6.07, 6.45) is 0.441. The molecule has 0 aliphatic carbocycles. The van der Waals surface area contributed by atoms with E-state index in [-0.39, 0.29) is 17.9 Å². The molecule has 3 unspecified atom stereocenters. The van der Waals surface area contributed by atoms with Gasteiger partial charge < -0.3 is 5.11 Å². The third-order valence-electron chi connectivity index (χ3n) is 2.29. The molecule has 0 bridgehead atoms. The first kappa shape index (κ1) is 10.6. The van der Waals surface area contributed by atoms with Crippen molar-refractivity contribution in [2.45, 2.75) is 33.3 Å². The molecule has 0 fully saturated rings. The molecule has 11 heavy (non-hydrogen) atoms. The summed E-state index contributed by atoms with van der Waals surface area (Å²) in [6.45, 7) is 6.12. The molecule has 0 aromatic rings. The summed E-state index contributed by atoms with van der Waals surface area (Å²) in [6, 6.07) is 0. The predicted octanol–water partition coefficient (Wildman–Crippen LogP) is 1.80. The summed E-state index contributed by atoms with van der Waals surface area (Å²) in [5.41, 5.74) is 0. The van der Waals surface area contributed by atoms with Gasteiger partial charge in [-0.3, -0.25) is 0 Å². The Bertz CT molecular complexity index is 117. The van der Waals surface area contributed by atoms with Crippen LogP contribution < -0.4 is 0 Å². The molecule has 3 atom stereocenters. The minimum atomic E-state index is -0.299. The van der Waals surface area contributed by atoms with Gasteiger partial charge in [-0.2, -0.15) is 4.91 Å². The molecule has 0 saturated carbocycles. The van der Waals surface area contributed by atoms with Gasteiger partial charge in [0.2, 0.25) is 0 Å². The highest BCUT2D eigenvalue weighted by molar-refractivity contribution is 4.70. The number of aliphatic hydroxyl groups is 1. The van der Waals surface area contributed by atoms with Crippen LogP contribution in [0.25, 0.3) is 0 Å². The molecule has 0 heterocycles. The summed E-state index contributed by atoms with van der Waals surface area (Å²) >= 11 is 0. The van der Waals surface area contributed by atoms with Gasteiger partial charge in [-0.1, -0.05) is 25.9 Å². The van der Waals surface area contributed by atoms with Gasteiger partial charge in [-0.25, -0.2) is 0 Å². The Kier molecular flexibility index (Phi) is 5.03. The Balaban J connectivity index is 3.79. The monoisotopic (exact) mass is 159 g/mol. The number of nitroso groups, excluding NO2 is 1. The van der Waals surface area contributed by atoms with Crippen molar-refractivity contribution >= 4 is 0 Å². The lowest BCUT2D eigenvalue weighted by atomic mass is 9.90. The highest BCUT2D eigenvalue weighted by atomic mass is 16.3. The van der Waals surface area contributed by atoms with Gasteiger partial charge in [0.1, 0.15) is 0 Å². The molecule has 3 nitrogen and oxygen atoms in total. The second kappa shape index (κ2) is 5.24.